The lowest BCUT2D eigenvalue weighted by Gasteiger charge is -2.24. The van der Waals surface area contributed by atoms with Crippen molar-refractivity contribution < 1.29 is 19.1 Å². The Labute approximate surface area is 169 Å². The second kappa shape index (κ2) is 7.97. The van der Waals surface area contributed by atoms with Crippen LogP contribution in [-0.4, -0.2) is 36.1 Å². The maximum atomic E-state index is 12.9. The number of rotatable bonds is 7. The molecule has 0 radical (unpaired) electrons. The summed E-state index contributed by atoms with van der Waals surface area (Å²) in [6.45, 7) is 3.16. The van der Waals surface area contributed by atoms with Crippen LogP contribution in [0.15, 0.2) is 52.9 Å². The molecule has 29 heavy (non-hydrogen) atoms. The minimum atomic E-state index is -1.56. The number of fused-ring (bicyclic) bond motifs is 1. The molecule has 0 spiro atoms. The van der Waals surface area contributed by atoms with Crippen molar-refractivity contribution in [1.29, 1.82) is 0 Å². The number of hydrogen-bond donors (Lipinski definition) is 3. The van der Waals surface area contributed by atoms with E-state index in [0.29, 0.717) is 28.8 Å². The summed E-state index contributed by atoms with van der Waals surface area (Å²) in [5.74, 6) is -0.924. The van der Waals surface area contributed by atoms with Gasteiger partial charge in [0.1, 0.15) is 16.9 Å². The van der Waals surface area contributed by atoms with Crippen molar-refractivity contribution >= 4 is 28.5 Å². The smallest absolute Gasteiger partial charge is 0.256 e. The van der Waals surface area contributed by atoms with Gasteiger partial charge in [-0.15, -0.1) is 0 Å². The Morgan fingerprint density at radius 1 is 1.21 bits per heavy atom. The van der Waals surface area contributed by atoms with E-state index in [0.717, 1.165) is 11.3 Å². The third-order valence-corrected chi connectivity index (χ3v) is 5.03. The van der Waals surface area contributed by atoms with E-state index in [1.54, 1.807) is 6.92 Å². The molecule has 1 aromatic heterocycles. The number of anilines is 1. The van der Waals surface area contributed by atoms with Crippen molar-refractivity contribution in [1.82, 2.24) is 5.32 Å². The molecular weight excluding hydrogens is 370 g/mol. The van der Waals surface area contributed by atoms with Crippen molar-refractivity contribution in [3.63, 3.8) is 0 Å². The molecule has 3 rings (SSSR count). The van der Waals surface area contributed by atoms with E-state index in [1.807, 2.05) is 43.4 Å². The van der Waals surface area contributed by atoms with Crippen molar-refractivity contribution in [3.8, 4) is 0 Å². The highest BCUT2D eigenvalue weighted by molar-refractivity contribution is 6.09. The summed E-state index contributed by atoms with van der Waals surface area (Å²) in [6.07, 6.45) is 0. The van der Waals surface area contributed by atoms with Crippen LogP contribution < -0.4 is 16.0 Å². The van der Waals surface area contributed by atoms with Gasteiger partial charge in [0.05, 0.1) is 12.2 Å². The summed E-state index contributed by atoms with van der Waals surface area (Å²) in [6, 6.07) is 15.7. The van der Waals surface area contributed by atoms with Crippen LogP contribution in [0.4, 0.5) is 5.69 Å². The third-order valence-electron chi connectivity index (χ3n) is 5.03. The summed E-state index contributed by atoms with van der Waals surface area (Å²) in [4.78, 5) is 26.6. The monoisotopic (exact) mass is 395 g/mol. The Morgan fingerprint density at radius 2 is 1.90 bits per heavy atom. The Hall–Kier alpha value is -3.32. The van der Waals surface area contributed by atoms with Gasteiger partial charge in [-0.05, 0) is 37.6 Å². The fraction of sp³-hybridized carbons (Fsp3) is 0.273. The largest absolute Gasteiger partial charge is 0.461 e. The van der Waals surface area contributed by atoms with E-state index in [1.165, 1.54) is 6.92 Å². The molecule has 2 amide bonds. The Kier molecular flexibility index (Phi) is 5.61. The number of aryl methyl sites for hydroxylation is 1. The van der Waals surface area contributed by atoms with E-state index in [4.69, 9.17) is 10.2 Å². The molecule has 0 unspecified atom stereocenters. The standard InChI is InChI=1S/C22H25N3O4/c1-14-19(20(27)24-22(2,13-26)21(23)28)17-11-16(9-10-18(17)29-14)25(3)12-15-7-5-4-6-8-15/h4-11,26H,12-13H2,1-3H3,(H2,23,28)(H,24,27)/t22-/m0/s1. The highest BCUT2D eigenvalue weighted by atomic mass is 16.3. The molecule has 0 bridgehead atoms. The van der Waals surface area contributed by atoms with Crippen LogP contribution in [-0.2, 0) is 11.3 Å². The second-order valence-electron chi connectivity index (χ2n) is 7.36. The third kappa shape index (κ3) is 4.09. The number of benzene rings is 2. The molecule has 7 nitrogen and oxygen atoms in total. The van der Waals surface area contributed by atoms with Crippen molar-refractivity contribution in [2.45, 2.75) is 25.9 Å². The first kappa shape index (κ1) is 20.4. The van der Waals surface area contributed by atoms with Crippen LogP contribution in [0.25, 0.3) is 11.0 Å². The molecule has 0 saturated carbocycles. The zero-order chi connectivity index (χ0) is 21.2. The molecule has 1 atom stereocenters. The van der Waals surface area contributed by atoms with Crippen LogP contribution in [0, 0.1) is 6.92 Å². The number of aliphatic hydroxyl groups excluding tert-OH is 1. The molecule has 1 heterocycles. The lowest BCUT2D eigenvalue weighted by Crippen LogP contribution is -2.57. The van der Waals surface area contributed by atoms with E-state index in [9.17, 15) is 14.7 Å². The molecule has 0 aliphatic carbocycles. The summed E-state index contributed by atoms with van der Waals surface area (Å²) in [5.41, 5.74) is 6.72. The fourth-order valence-electron chi connectivity index (χ4n) is 3.17. The van der Waals surface area contributed by atoms with Crippen LogP contribution in [0.5, 0.6) is 0 Å². The van der Waals surface area contributed by atoms with Gasteiger partial charge in [0.2, 0.25) is 5.91 Å². The number of amides is 2. The molecule has 3 aromatic rings. The maximum absolute atomic E-state index is 12.9. The quantitative estimate of drug-likeness (QED) is 0.569. The van der Waals surface area contributed by atoms with E-state index < -0.39 is 24.0 Å². The SMILES string of the molecule is Cc1oc2ccc(N(C)Cc3ccccc3)cc2c1C(=O)N[C@@](C)(CO)C(N)=O. The lowest BCUT2D eigenvalue weighted by atomic mass is 10.0. The molecule has 2 aromatic carbocycles. The van der Waals surface area contributed by atoms with Gasteiger partial charge in [-0.1, -0.05) is 30.3 Å². The number of aliphatic hydroxyl groups is 1. The summed E-state index contributed by atoms with van der Waals surface area (Å²) in [5, 5.41) is 12.7. The van der Waals surface area contributed by atoms with Crippen molar-refractivity contribution in [2.24, 2.45) is 5.73 Å². The van der Waals surface area contributed by atoms with Crippen LogP contribution in [0.1, 0.15) is 28.6 Å². The molecule has 152 valence electrons. The normalized spacial score (nSPS) is 13.1. The van der Waals surface area contributed by atoms with Gasteiger partial charge >= 0.3 is 0 Å². The Morgan fingerprint density at radius 3 is 2.52 bits per heavy atom. The molecule has 7 heteroatoms. The van der Waals surface area contributed by atoms with Crippen molar-refractivity contribution in [3.05, 3.63) is 65.4 Å². The van der Waals surface area contributed by atoms with Gasteiger partial charge in [-0.3, -0.25) is 9.59 Å². The summed E-state index contributed by atoms with van der Waals surface area (Å²) < 4.78 is 5.72. The molecule has 0 aliphatic heterocycles. The lowest BCUT2D eigenvalue weighted by molar-refractivity contribution is -0.124. The first-order valence-electron chi connectivity index (χ1n) is 9.26. The Bertz CT molecular complexity index is 1040. The summed E-state index contributed by atoms with van der Waals surface area (Å²) in [7, 11) is 1.97. The minimum Gasteiger partial charge on any atom is -0.461 e. The van der Waals surface area contributed by atoms with Gasteiger partial charge in [0.15, 0.2) is 0 Å². The number of nitrogens with two attached hydrogens (primary N) is 1. The number of carbonyl (C=O) groups excluding carboxylic acids is 2. The van der Waals surface area contributed by atoms with Crippen molar-refractivity contribution in [2.75, 3.05) is 18.6 Å². The highest BCUT2D eigenvalue weighted by Crippen LogP contribution is 2.30. The predicted octanol–water partition coefficient (Wildman–Crippen LogP) is 2.34. The zero-order valence-electron chi connectivity index (χ0n) is 16.7. The summed E-state index contributed by atoms with van der Waals surface area (Å²) >= 11 is 0. The zero-order valence-corrected chi connectivity index (χ0v) is 16.7. The molecule has 0 saturated heterocycles. The van der Waals surface area contributed by atoms with E-state index in [-0.39, 0.29) is 0 Å². The Balaban J connectivity index is 1.94. The number of nitrogens with one attached hydrogen (secondary N) is 1. The topological polar surface area (TPSA) is 109 Å². The average Bonchev–Trinajstić information content (AvgIpc) is 3.03. The minimum absolute atomic E-state index is 0.316. The van der Waals surface area contributed by atoms with Gasteiger partial charge < -0.3 is 25.5 Å². The van der Waals surface area contributed by atoms with Crippen LogP contribution >= 0.6 is 0 Å². The van der Waals surface area contributed by atoms with Gasteiger partial charge in [0, 0.05) is 24.7 Å². The number of carbonyl (C=O) groups is 2. The first-order valence-corrected chi connectivity index (χ1v) is 9.26. The number of furan rings is 1. The molecule has 4 N–H and O–H groups in total. The van der Waals surface area contributed by atoms with Gasteiger partial charge in [-0.25, -0.2) is 0 Å². The van der Waals surface area contributed by atoms with Crippen LogP contribution in [0.2, 0.25) is 0 Å². The number of hydrogen-bond acceptors (Lipinski definition) is 5. The maximum Gasteiger partial charge on any atom is 0.256 e. The first-order chi connectivity index (χ1) is 13.7. The molecular formula is C22H25N3O4. The molecule has 0 aliphatic rings. The van der Waals surface area contributed by atoms with Gasteiger partial charge in [0.25, 0.3) is 5.91 Å². The predicted molar refractivity (Wildman–Crippen MR) is 112 cm³/mol. The van der Waals surface area contributed by atoms with Gasteiger partial charge in [-0.2, -0.15) is 0 Å². The number of nitrogens with zero attached hydrogens (tertiary/aromatic N) is 1. The highest BCUT2D eigenvalue weighted by Gasteiger charge is 2.34. The fourth-order valence-corrected chi connectivity index (χ4v) is 3.17. The van der Waals surface area contributed by atoms with E-state index >= 15 is 0 Å². The number of primary amides is 1. The van der Waals surface area contributed by atoms with E-state index in [2.05, 4.69) is 22.3 Å². The molecule has 0 fully saturated rings. The van der Waals surface area contributed by atoms with Crippen LogP contribution in [0.3, 0.4) is 0 Å². The second-order valence-corrected chi connectivity index (χ2v) is 7.36. The average molecular weight is 395 g/mol.